The van der Waals surface area contributed by atoms with Crippen molar-refractivity contribution in [2.45, 2.75) is 50.6 Å². The minimum Gasteiger partial charge on any atom is -0.454 e. The van der Waals surface area contributed by atoms with Gasteiger partial charge in [-0.05, 0) is 54.3 Å². The molecule has 0 radical (unpaired) electrons. The number of H-pyrrole nitrogens is 1. The van der Waals surface area contributed by atoms with Crippen LogP contribution in [0.4, 0.5) is 11.4 Å². The lowest BCUT2D eigenvalue weighted by Crippen LogP contribution is -2.47. The Labute approximate surface area is 240 Å². The molecular weight excluding hydrogens is 516 g/mol. The van der Waals surface area contributed by atoms with Crippen molar-refractivity contribution in [2.75, 3.05) is 30.7 Å². The monoisotopic (exact) mass is 552 g/mol. The Morgan fingerprint density at radius 2 is 1.66 bits per heavy atom. The van der Waals surface area contributed by atoms with Crippen molar-refractivity contribution in [3.63, 3.8) is 0 Å². The summed E-state index contributed by atoms with van der Waals surface area (Å²) in [5.74, 6) is 0.812. The maximum Gasteiger partial charge on any atom is 0.248 e. The lowest BCUT2D eigenvalue weighted by Gasteiger charge is -2.34. The van der Waals surface area contributed by atoms with Crippen LogP contribution >= 0.6 is 0 Å². The molecule has 2 amide bonds. The van der Waals surface area contributed by atoms with Gasteiger partial charge in [-0.3, -0.25) is 14.5 Å². The van der Waals surface area contributed by atoms with E-state index >= 15 is 0 Å². The summed E-state index contributed by atoms with van der Waals surface area (Å²) in [6.45, 7) is 0.125. The van der Waals surface area contributed by atoms with Gasteiger partial charge in [0.2, 0.25) is 18.6 Å². The number of para-hydroxylation sites is 1. The molecule has 0 spiro atoms. The van der Waals surface area contributed by atoms with Gasteiger partial charge in [0.05, 0.1) is 6.42 Å². The van der Waals surface area contributed by atoms with Crippen LogP contribution in [0.15, 0.2) is 72.9 Å². The van der Waals surface area contributed by atoms with Crippen molar-refractivity contribution >= 4 is 34.1 Å². The third-order valence-electron chi connectivity index (χ3n) is 8.10. The second kappa shape index (κ2) is 11.6. The quantitative estimate of drug-likeness (QED) is 0.292. The maximum absolute atomic E-state index is 14.4. The van der Waals surface area contributed by atoms with E-state index in [9.17, 15) is 9.59 Å². The maximum atomic E-state index is 14.4. The first-order chi connectivity index (χ1) is 20.0. The Bertz CT molecular complexity index is 1540. The summed E-state index contributed by atoms with van der Waals surface area (Å²) in [6, 6.07) is 20.4. The van der Waals surface area contributed by atoms with Crippen LogP contribution in [-0.4, -0.2) is 43.7 Å². The highest BCUT2D eigenvalue weighted by Crippen LogP contribution is 2.39. The first kappa shape index (κ1) is 26.7. The number of aromatic amines is 1. The Kier molecular flexibility index (Phi) is 7.55. The Balaban J connectivity index is 1.42. The van der Waals surface area contributed by atoms with Crippen LogP contribution in [0, 0.1) is 0 Å². The van der Waals surface area contributed by atoms with E-state index in [1.807, 2.05) is 79.8 Å². The van der Waals surface area contributed by atoms with Crippen molar-refractivity contribution in [1.29, 1.82) is 0 Å². The number of nitrogens with zero attached hydrogens (tertiary/aromatic N) is 2. The predicted octanol–water partition coefficient (Wildman–Crippen LogP) is 5.73. The molecule has 212 valence electrons. The van der Waals surface area contributed by atoms with Crippen molar-refractivity contribution < 1.29 is 19.1 Å². The normalized spacial score (nSPS) is 15.5. The van der Waals surface area contributed by atoms with E-state index in [1.54, 1.807) is 17.0 Å². The molecule has 1 unspecified atom stereocenters. The molecule has 1 atom stereocenters. The number of hydrogen-bond donors (Lipinski definition) is 2. The van der Waals surface area contributed by atoms with Crippen LogP contribution < -0.4 is 24.6 Å². The zero-order chi connectivity index (χ0) is 28.3. The number of ether oxygens (including phenoxy) is 2. The number of anilines is 2. The Morgan fingerprint density at radius 3 is 2.44 bits per heavy atom. The van der Waals surface area contributed by atoms with Crippen LogP contribution in [0.2, 0.25) is 0 Å². The molecule has 1 fully saturated rings. The molecule has 0 saturated heterocycles. The van der Waals surface area contributed by atoms with Gasteiger partial charge in [-0.15, -0.1) is 0 Å². The average molecular weight is 553 g/mol. The molecule has 3 aromatic carbocycles. The van der Waals surface area contributed by atoms with Crippen molar-refractivity contribution in [3.8, 4) is 11.5 Å². The number of carbonyl (C=O) groups is 2. The van der Waals surface area contributed by atoms with E-state index in [1.165, 1.54) is 6.42 Å². The number of rotatable bonds is 8. The van der Waals surface area contributed by atoms with Gasteiger partial charge in [-0.1, -0.05) is 49.6 Å². The van der Waals surface area contributed by atoms with Gasteiger partial charge in [0.25, 0.3) is 0 Å². The third kappa shape index (κ3) is 5.59. The number of hydrogen-bond acceptors (Lipinski definition) is 5. The fourth-order valence-electron chi connectivity index (χ4n) is 5.90. The lowest BCUT2D eigenvalue weighted by atomic mass is 9.94. The number of fused-ring (bicyclic) bond motifs is 2. The van der Waals surface area contributed by atoms with Crippen LogP contribution in [0.1, 0.15) is 49.3 Å². The largest absolute Gasteiger partial charge is 0.454 e. The summed E-state index contributed by atoms with van der Waals surface area (Å²) in [4.78, 5) is 35.5. The van der Waals surface area contributed by atoms with Gasteiger partial charge in [0.15, 0.2) is 11.5 Å². The van der Waals surface area contributed by atoms with Crippen molar-refractivity contribution in [2.24, 2.45) is 0 Å². The topological polar surface area (TPSA) is 86.9 Å². The van der Waals surface area contributed by atoms with Gasteiger partial charge in [0, 0.05) is 54.7 Å². The predicted molar refractivity (Wildman–Crippen MR) is 161 cm³/mol. The van der Waals surface area contributed by atoms with Crippen LogP contribution in [0.5, 0.6) is 11.5 Å². The van der Waals surface area contributed by atoms with E-state index in [-0.39, 0.29) is 31.1 Å². The van der Waals surface area contributed by atoms with Gasteiger partial charge < -0.3 is 24.7 Å². The average Bonchev–Trinajstić information content (AvgIpc) is 3.63. The fraction of sp³-hybridized carbons (Fsp3) is 0.333. The molecule has 8 heteroatoms. The fourth-order valence-corrected chi connectivity index (χ4v) is 5.90. The molecule has 2 heterocycles. The molecule has 1 aliphatic heterocycles. The molecule has 1 aromatic heterocycles. The lowest BCUT2D eigenvalue weighted by molar-refractivity contribution is -0.127. The number of nitrogens with one attached hydrogen (secondary N) is 2. The minimum atomic E-state index is -0.869. The summed E-state index contributed by atoms with van der Waals surface area (Å²) in [5, 5.41) is 4.29. The summed E-state index contributed by atoms with van der Waals surface area (Å²) >= 11 is 0. The SMILES string of the molecule is CN(C)c1ccc(C(C(=O)NC2CCCCC2)N(C(=O)Cc2c[nH]c3ccccc23)c2ccc3c(c2)OCO3)cc1. The number of amides is 2. The first-order valence-corrected chi connectivity index (χ1v) is 14.3. The van der Waals surface area contributed by atoms with Crippen molar-refractivity contribution in [3.05, 3.63) is 84.1 Å². The molecule has 1 saturated carbocycles. The zero-order valence-corrected chi connectivity index (χ0v) is 23.6. The second-order valence-corrected chi connectivity index (χ2v) is 11.1. The van der Waals surface area contributed by atoms with Crippen molar-refractivity contribution in [1.82, 2.24) is 10.3 Å². The molecule has 2 N–H and O–H groups in total. The van der Waals surface area contributed by atoms with Crippen LogP contribution in [-0.2, 0) is 16.0 Å². The van der Waals surface area contributed by atoms with E-state index in [0.717, 1.165) is 53.4 Å². The summed E-state index contributed by atoms with van der Waals surface area (Å²) in [6.07, 6.45) is 7.28. The zero-order valence-electron chi connectivity index (χ0n) is 23.6. The first-order valence-electron chi connectivity index (χ1n) is 14.3. The van der Waals surface area contributed by atoms with E-state index in [4.69, 9.17) is 9.47 Å². The molecular formula is C33H36N4O4. The summed E-state index contributed by atoms with van der Waals surface area (Å²) in [7, 11) is 3.96. The molecule has 4 aromatic rings. The molecule has 8 nitrogen and oxygen atoms in total. The van der Waals surface area contributed by atoms with E-state index < -0.39 is 6.04 Å². The Hall–Kier alpha value is -4.46. The summed E-state index contributed by atoms with van der Waals surface area (Å²) < 4.78 is 11.2. The van der Waals surface area contributed by atoms with Gasteiger partial charge in [-0.25, -0.2) is 0 Å². The standard InChI is InChI=1S/C33H36N4O4/c1-36(2)25-14-12-22(13-15-25)32(33(39)35-24-8-4-3-5-9-24)37(26-16-17-29-30(19-26)41-21-40-29)31(38)18-23-20-34-28-11-7-6-10-27(23)28/h6-7,10-17,19-20,24,32,34H,3-5,8-9,18,21H2,1-2H3,(H,35,39). The van der Waals surface area contributed by atoms with E-state index in [2.05, 4.69) is 10.3 Å². The molecule has 2 aliphatic rings. The number of carbonyl (C=O) groups excluding carboxylic acids is 2. The number of benzene rings is 3. The second-order valence-electron chi connectivity index (χ2n) is 11.1. The smallest absolute Gasteiger partial charge is 0.248 e. The number of aromatic nitrogens is 1. The van der Waals surface area contributed by atoms with E-state index in [0.29, 0.717) is 17.2 Å². The molecule has 0 bridgehead atoms. The Morgan fingerprint density at radius 1 is 0.927 bits per heavy atom. The van der Waals surface area contributed by atoms with Gasteiger partial charge >= 0.3 is 0 Å². The third-order valence-corrected chi connectivity index (χ3v) is 8.10. The summed E-state index contributed by atoms with van der Waals surface area (Å²) in [5.41, 5.74) is 4.19. The van der Waals surface area contributed by atoms with Crippen LogP contribution in [0.3, 0.4) is 0 Å². The molecule has 6 rings (SSSR count). The van der Waals surface area contributed by atoms with Gasteiger partial charge in [-0.2, -0.15) is 0 Å². The van der Waals surface area contributed by atoms with Gasteiger partial charge in [0.1, 0.15) is 6.04 Å². The molecule has 41 heavy (non-hydrogen) atoms. The molecule has 1 aliphatic carbocycles. The van der Waals surface area contributed by atoms with Crippen LogP contribution in [0.25, 0.3) is 10.9 Å². The minimum absolute atomic E-state index is 0.0992. The highest BCUT2D eigenvalue weighted by molar-refractivity contribution is 6.03. The highest BCUT2D eigenvalue weighted by atomic mass is 16.7. The highest BCUT2D eigenvalue weighted by Gasteiger charge is 2.35.